The molecule has 3 heterocycles. The third-order valence-corrected chi connectivity index (χ3v) is 5.56. The summed E-state index contributed by atoms with van der Waals surface area (Å²) in [5, 5.41) is 19.1. The summed E-state index contributed by atoms with van der Waals surface area (Å²) in [5.41, 5.74) is 5.20. The van der Waals surface area contributed by atoms with Gasteiger partial charge in [-0.15, -0.1) is 0 Å². The summed E-state index contributed by atoms with van der Waals surface area (Å²) in [6.07, 6.45) is 3.49. The van der Waals surface area contributed by atoms with E-state index < -0.39 is 0 Å². The molecule has 4 N–H and O–H groups in total. The molecule has 0 bridgehead atoms. The van der Waals surface area contributed by atoms with Gasteiger partial charge >= 0.3 is 0 Å². The Labute approximate surface area is 181 Å². The third kappa shape index (κ3) is 4.34. The Kier molecular flexibility index (Phi) is 5.56. The van der Waals surface area contributed by atoms with E-state index in [1.807, 2.05) is 44.2 Å². The van der Waals surface area contributed by atoms with E-state index in [1.165, 1.54) is 6.92 Å². The molecule has 1 atom stereocenters. The fourth-order valence-corrected chi connectivity index (χ4v) is 3.62. The molecule has 1 unspecified atom stereocenters. The van der Waals surface area contributed by atoms with Crippen molar-refractivity contribution < 1.29 is 9.90 Å². The Balaban J connectivity index is 1.56. The van der Waals surface area contributed by atoms with Crippen molar-refractivity contribution in [3.63, 3.8) is 0 Å². The highest BCUT2D eigenvalue weighted by molar-refractivity contribution is 5.73. The highest BCUT2D eigenvalue weighted by Gasteiger charge is 2.35. The van der Waals surface area contributed by atoms with Gasteiger partial charge in [0.05, 0.1) is 12.3 Å². The number of carbonyl (C=O) groups is 1. The lowest BCUT2D eigenvalue weighted by Crippen LogP contribution is -2.28. The first-order valence-electron chi connectivity index (χ1n) is 10.2. The minimum Gasteiger partial charge on any atom is -0.395 e. The molecule has 2 aromatic heterocycles. The van der Waals surface area contributed by atoms with Crippen LogP contribution < -0.4 is 16.0 Å². The van der Waals surface area contributed by atoms with Gasteiger partial charge in [0.2, 0.25) is 11.9 Å². The number of pyridine rings is 1. The Hall–Kier alpha value is -3.52. The summed E-state index contributed by atoms with van der Waals surface area (Å²) in [6, 6.07) is 9.82. The van der Waals surface area contributed by atoms with Crippen LogP contribution in [0.3, 0.4) is 0 Å². The molecule has 0 spiro atoms. The van der Waals surface area contributed by atoms with Crippen molar-refractivity contribution >= 4 is 23.4 Å². The van der Waals surface area contributed by atoms with Crippen LogP contribution in [0.5, 0.6) is 0 Å². The highest BCUT2D eigenvalue weighted by atomic mass is 16.3. The van der Waals surface area contributed by atoms with Crippen LogP contribution in [0.4, 0.5) is 17.5 Å². The molecule has 4 rings (SSSR count). The summed E-state index contributed by atoms with van der Waals surface area (Å²) in [7, 11) is 0. The molecule has 31 heavy (non-hydrogen) atoms. The molecule has 8 heteroatoms. The van der Waals surface area contributed by atoms with E-state index in [0.29, 0.717) is 19.0 Å². The Morgan fingerprint density at radius 2 is 2.10 bits per heavy atom. The van der Waals surface area contributed by atoms with Crippen molar-refractivity contribution in [2.75, 3.05) is 23.8 Å². The summed E-state index contributed by atoms with van der Waals surface area (Å²) < 4.78 is 0. The molecule has 0 saturated heterocycles. The van der Waals surface area contributed by atoms with Gasteiger partial charge in [0, 0.05) is 54.6 Å². The van der Waals surface area contributed by atoms with Crippen molar-refractivity contribution in [1.29, 1.82) is 0 Å². The van der Waals surface area contributed by atoms with Gasteiger partial charge < -0.3 is 21.1 Å². The van der Waals surface area contributed by atoms with Gasteiger partial charge in [-0.05, 0) is 36.2 Å². The molecule has 1 aromatic carbocycles. The van der Waals surface area contributed by atoms with Crippen molar-refractivity contribution in [1.82, 2.24) is 20.3 Å². The maximum absolute atomic E-state index is 11.1. The lowest BCUT2D eigenvalue weighted by atomic mass is 9.85. The lowest BCUT2D eigenvalue weighted by Gasteiger charge is -2.20. The predicted octanol–water partition coefficient (Wildman–Crippen LogP) is 2.90. The van der Waals surface area contributed by atoms with Gasteiger partial charge in [-0.1, -0.05) is 19.1 Å². The van der Waals surface area contributed by atoms with E-state index in [1.54, 1.807) is 12.4 Å². The number of aliphatic hydroxyl groups excluding tert-OH is 1. The number of benzene rings is 1. The van der Waals surface area contributed by atoms with Gasteiger partial charge in [-0.25, -0.2) is 15.0 Å². The second kappa shape index (κ2) is 8.31. The van der Waals surface area contributed by atoms with Crippen molar-refractivity contribution in [3.8, 4) is 11.3 Å². The number of fused-ring (bicyclic) bond motifs is 1. The molecular weight excluding hydrogens is 392 g/mol. The molecule has 0 aliphatic carbocycles. The number of amides is 1. The maximum Gasteiger partial charge on any atom is 0.227 e. The number of hydrogen-bond donors (Lipinski definition) is 4. The van der Waals surface area contributed by atoms with E-state index in [-0.39, 0.29) is 17.9 Å². The number of aromatic nitrogens is 3. The largest absolute Gasteiger partial charge is 0.395 e. The quantitative estimate of drug-likeness (QED) is 0.487. The smallest absolute Gasteiger partial charge is 0.227 e. The van der Waals surface area contributed by atoms with E-state index >= 15 is 0 Å². The van der Waals surface area contributed by atoms with E-state index in [2.05, 4.69) is 30.9 Å². The standard InChI is InChI=1S/C23H26N6O2/c1-14-8-16(10-25-15(2)31)4-5-19(14)28-22-24-7-6-20(29-22)17-9-18-21(26-11-17)27-12-23(18,3)13-30/h4-9,11,30H,10,12-13H2,1-3H3,(H,25,31)(H,26,27)(H,24,28,29). The average Bonchev–Trinajstić information content (AvgIpc) is 3.11. The molecule has 0 saturated carbocycles. The second-order valence-electron chi connectivity index (χ2n) is 8.14. The minimum absolute atomic E-state index is 0.0475. The Morgan fingerprint density at radius 3 is 2.84 bits per heavy atom. The van der Waals surface area contributed by atoms with Crippen LogP contribution >= 0.6 is 0 Å². The van der Waals surface area contributed by atoms with Gasteiger partial charge in [0.15, 0.2) is 0 Å². The van der Waals surface area contributed by atoms with Gasteiger partial charge in [-0.3, -0.25) is 4.79 Å². The van der Waals surface area contributed by atoms with Gasteiger partial charge in [0.25, 0.3) is 0 Å². The summed E-state index contributed by atoms with van der Waals surface area (Å²) in [5.74, 6) is 1.24. The molecule has 0 fully saturated rings. The highest BCUT2D eigenvalue weighted by Crippen LogP contribution is 2.37. The lowest BCUT2D eigenvalue weighted by molar-refractivity contribution is -0.119. The fourth-order valence-electron chi connectivity index (χ4n) is 3.62. The van der Waals surface area contributed by atoms with Crippen LogP contribution in [0.1, 0.15) is 30.5 Å². The molecule has 3 aromatic rings. The monoisotopic (exact) mass is 418 g/mol. The average molecular weight is 419 g/mol. The summed E-state index contributed by atoms with van der Waals surface area (Å²) >= 11 is 0. The molecule has 0 radical (unpaired) electrons. The molecule has 1 aliphatic heterocycles. The number of anilines is 3. The van der Waals surface area contributed by atoms with E-state index in [9.17, 15) is 9.90 Å². The zero-order chi connectivity index (χ0) is 22.0. The zero-order valence-electron chi connectivity index (χ0n) is 17.9. The number of aryl methyl sites for hydroxylation is 1. The number of nitrogens with zero attached hydrogens (tertiary/aromatic N) is 3. The van der Waals surface area contributed by atoms with Gasteiger partial charge in [0.1, 0.15) is 5.82 Å². The number of nitrogens with one attached hydrogen (secondary N) is 3. The number of aliphatic hydroxyl groups is 1. The zero-order valence-corrected chi connectivity index (χ0v) is 17.9. The van der Waals surface area contributed by atoms with Crippen LogP contribution in [0.25, 0.3) is 11.3 Å². The third-order valence-electron chi connectivity index (χ3n) is 5.56. The SMILES string of the molecule is CC(=O)NCc1ccc(Nc2nccc(-c3cnc4c(c3)C(C)(CO)CN4)n2)c(C)c1. The summed E-state index contributed by atoms with van der Waals surface area (Å²) in [6.45, 7) is 6.72. The van der Waals surface area contributed by atoms with Crippen LogP contribution in [0.2, 0.25) is 0 Å². The van der Waals surface area contributed by atoms with E-state index in [0.717, 1.165) is 39.5 Å². The van der Waals surface area contributed by atoms with Crippen LogP contribution in [-0.2, 0) is 16.8 Å². The maximum atomic E-state index is 11.1. The molecular formula is C23H26N6O2. The normalized spacial score (nSPS) is 17.0. The number of hydrogen-bond acceptors (Lipinski definition) is 7. The topological polar surface area (TPSA) is 112 Å². The minimum atomic E-state index is -0.359. The molecule has 8 nitrogen and oxygen atoms in total. The van der Waals surface area contributed by atoms with Crippen molar-refractivity contribution in [2.45, 2.75) is 32.7 Å². The van der Waals surface area contributed by atoms with Crippen molar-refractivity contribution in [3.05, 3.63) is 59.4 Å². The first-order valence-corrected chi connectivity index (χ1v) is 10.2. The molecule has 1 amide bonds. The van der Waals surface area contributed by atoms with Gasteiger partial charge in [-0.2, -0.15) is 0 Å². The molecule has 1 aliphatic rings. The first-order chi connectivity index (χ1) is 14.9. The summed E-state index contributed by atoms with van der Waals surface area (Å²) in [4.78, 5) is 24.6. The number of carbonyl (C=O) groups excluding carboxylic acids is 1. The van der Waals surface area contributed by atoms with E-state index in [4.69, 9.17) is 0 Å². The van der Waals surface area contributed by atoms with Crippen LogP contribution in [-0.4, -0.2) is 39.1 Å². The number of rotatable bonds is 6. The van der Waals surface area contributed by atoms with Crippen LogP contribution in [0.15, 0.2) is 42.7 Å². The van der Waals surface area contributed by atoms with Crippen LogP contribution in [0, 0.1) is 6.92 Å². The first kappa shape index (κ1) is 20.7. The Bertz CT molecular complexity index is 1130. The Morgan fingerprint density at radius 1 is 1.26 bits per heavy atom. The van der Waals surface area contributed by atoms with Crippen molar-refractivity contribution in [2.24, 2.45) is 0 Å². The second-order valence-corrected chi connectivity index (χ2v) is 8.14. The predicted molar refractivity (Wildman–Crippen MR) is 120 cm³/mol. The molecule has 160 valence electrons. The fraction of sp³-hybridized carbons (Fsp3) is 0.304.